The first-order valence-corrected chi connectivity index (χ1v) is 7.00. The second-order valence-corrected chi connectivity index (χ2v) is 5.44. The Balaban J connectivity index is 2.09. The van der Waals surface area contributed by atoms with E-state index in [1.807, 2.05) is 25.5 Å². The van der Waals surface area contributed by atoms with Crippen molar-refractivity contribution < 1.29 is 19.4 Å². The van der Waals surface area contributed by atoms with E-state index in [4.69, 9.17) is 16.3 Å². The van der Waals surface area contributed by atoms with Gasteiger partial charge in [-0.1, -0.05) is 11.6 Å². The molecule has 116 valence electrons. The number of aromatic hydroxyl groups is 1. The minimum atomic E-state index is -0.793. The SMILES string of the molecule is Cc1cc(C(=O)COC(=O)c2cc(Cl)ccc2O)c(C)n1C. The molecule has 1 N–H and O–H groups in total. The number of hydrogen-bond acceptors (Lipinski definition) is 4. The van der Waals surface area contributed by atoms with Crippen molar-refractivity contribution >= 4 is 23.4 Å². The lowest BCUT2D eigenvalue weighted by Gasteiger charge is -2.06. The van der Waals surface area contributed by atoms with Gasteiger partial charge in [-0.25, -0.2) is 4.79 Å². The zero-order chi connectivity index (χ0) is 16.4. The molecule has 1 aromatic carbocycles. The van der Waals surface area contributed by atoms with Crippen molar-refractivity contribution in [3.63, 3.8) is 0 Å². The van der Waals surface area contributed by atoms with Crippen LogP contribution in [0.3, 0.4) is 0 Å². The van der Waals surface area contributed by atoms with Gasteiger partial charge in [0.15, 0.2) is 6.61 Å². The number of ether oxygens (including phenoxy) is 1. The highest BCUT2D eigenvalue weighted by atomic mass is 35.5. The van der Waals surface area contributed by atoms with E-state index in [-0.39, 0.29) is 17.1 Å². The molecule has 0 atom stereocenters. The van der Waals surface area contributed by atoms with Crippen molar-refractivity contribution in [2.45, 2.75) is 13.8 Å². The third-order valence-corrected chi connectivity index (χ3v) is 3.82. The zero-order valence-corrected chi connectivity index (χ0v) is 13.3. The zero-order valence-electron chi connectivity index (χ0n) is 12.5. The topological polar surface area (TPSA) is 68.5 Å². The molecule has 0 aliphatic heterocycles. The van der Waals surface area contributed by atoms with Crippen LogP contribution < -0.4 is 0 Å². The van der Waals surface area contributed by atoms with Gasteiger partial charge in [0.2, 0.25) is 5.78 Å². The average molecular weight is 322 g/mol. The third-order valence-electron chi connectivity index (χ3n) is 3.59. The van der Waals surface area contributed by atoms with Gasteiger partial charge in [-0.3, -0.25) is 4.79 Å². The first kappa shape index (κ1) is 16.1. The van der Waals surface area contributed by atoms with Crippen molar-refractivity contribution in [1.82, 2.24) is 4.57 Å². The summed E-state index contributed by atoms with van der Waals surface area (Å²) in [6.45, 7) is 3.32. The van der Waals surface area contributed by atoms with E-state index in [0.29, 0.717) is 10.6 Å². The first-order valence-electron chi connectivity index (χ1n) is 6.63. The molecule has 0 saturated heterocycles. The lowest BCUT2D eigenvalue weighted by molar-refractivity contribution is 0.0471. The van der Waals surface area contributed by atoms with Gasteiger partial charge in [0.1, 0.15) is 11.3 Å². The molecule has 6 heteroatoms. The third kappa shape index (κ3) is 3.14. The van der Waals surface area contributed by atoms with E-state index < -0.39 is 12.6 Å². The molecule has 0 fully saturated rings. The van der Waals surface area contributed by atoms with Crippen LogP contribution in [-0.4, -0.2) is 28.0 Å². The molecule has 0 bridgehead atoms. The minimum absolute atomic E-state index is 0.0683. The van der Waals surface area contributed by atoms with E-state index in [9.17, 15) is 14.7 Å². The van der Waals surface area contributed by atoms with Crippen molar-refractivity contribution in [3.8, 4) is 5.75 Å². The molecule has 0 aliphatic carbocycles. The lowest BCUT2D eigenvalue weighted by Crippen LogP contribution is -2.15. The van der Waals surface area contributed by atoms with Crippen LogP contribution in [0.15, 0.2) is 24.3 Å². The summed E-state index contributed by atoms with van der Waals surface area (Å²) in [6.07, 6.45) is 0. The summed E-state index contributed by atoms with van der Waals surface area (Å²) in [5.74, 6) is -1.33. The highest BCUT2D eigenvalue weighted by molar-refractivity contribution is 6.31. The fraction of sp³-hybridized carbons (Fsp3) is 0.250. The normalized spacial score (nSPS) is 10.5. The lowest BCUT2D eigenvalue weighted by atomic mass is 10.1. The molecule has 0 saturated carbocycles. The Labute approximate surface area is 133 Å². The number of phenols is 1. The van der Waals surface area contributed by atoms with Crippen LogP contribution in [0.25, 0.3) is 0 Å². The fourth-order valence-corrected chi connectivity index (χ4v) is 2.27. The second kappa shape index (κ2) is 6.23. The van der Waals surface area contributed by atoms with Crippen LogP contribution in [-0.2, 0) is 11.8 Å². The number of benzene rings is 1. The van der Waals surface area contributed by atoms with Crippen molar-refractivity contribution in [3.05, 3.63) is 51.8 Å². The number of carbonyl (C=O) groups excluding carboxylic acids is 2. The maximum absolute atomic E-state index is 12.1. The van der Waals surface area contributed by atoms with Crippen molar-refractivity contribution in [2.24, 2.45) is 7.05 Å². The summed E-state index contributed by atoms with van der Waals surface area (Å²) in [4.78, 5) is 24.1. The summed E-state index contributed by atoms with van der Waals surface area (Å²) in [7, 11) is 1.86. The number of rotatable bonds is 4. The number of esters is 1. The van der Waals surface area contributed by atoms with Crippen LogP contribution in [0, 0.1) is 13.8 Å². The summed E-state index contributed by atoms with van der Waals surface area (Å²) < 4.78 is 6.85. The Morgan fingerprint density at radius 2 is 1.91 bits per heavy atom. The van der Waals surface area contributed by atoms with Crippen LogP contribution in [0.1, 0.15) is 32.1 Å². The monoisotopic (exact) mass is 321 g/mol. The average Bonchev–Trinajstić information content (AvgIpc) is 2.74. The molecule has 0 spiro atoms. The molecule has 1 heterocycles. The van der Waals surface area contributed by atoms with Gasteiger partial charge in [0.05, 0.1) is 0 Å². The maximum Gasteiger partial charge on any atom is 0.342 e. The van der Waals surface area contributed by atoms with Crippen molar-refractivity contribution in [1.29, 1.82) is 0 Å². The Morgan fingerprint density at radius 1 is 1.23 bits per heavy atom. The Morgan fingerprint density at radius 3 is 2.50 bits per heavy atom. The predicted molar refractivity (Wildman–Crippen MR) is 82.6 cm³/mol. The molecule has 0 amide bonds. The van der Waals surface area contributed by atoms with Gasteiger partial charge in [-0.05, 0) is 38.1 Å². The van der Waals surface area contributed by atoms with Crippen LogP contribution in [0.5, 0.6) is 5.75 Å². The smallest absolute Gasteiger partial charge is 0.342 e. The Kier molecular flexibility index (Phi) is 4.56. The predicted octanol–water partition coefficient (Wildman–Crippen LogP) is 3.04. The van der Waals surface area contributed by atoms with E-state index >= 15 is 0 Å². The molecule has 0 radical (unpaired) electrons. The molecule has 1 aromatic heterocycles. The number of aryl methyl sites for hydroxylation is 1. The van der Waals surface area contributed by atoms with Gasteiger partial charge < -0.3 is 14.4 Å². The molecule has 0 aliphatic rings. The molecule has 2 rings (SSSR count). The van der Waals surface area contributed by atoms with E-state index in [0.717, 1.165) is 11.4 Å². The second-order valence-electron chi connectivity index (χ2n) is 5.00. The number of nitrogens with zero attached hydrogens (tertiary/aromatic N) is 1. The summed E-state index contributed by atoms with van der Waals surface area (Å²) >= 11 is 5.77. The Bertz CT molecular complexity index is 749. The highest BCUT2D eigenvalue weighted by Gasteiger charge is 2.18. The van der Waals surface area contributed by atoms with E-state index in [1.165, 1.54) is 18.2 Å². The molecule has 0 unspecified atom stereocenters. The summed E-state index contributed by atoms with van der Waals surface area (Å²) in [5, 5.41) is 9.92. The summed E-state index contributed by atoms with van der Waals surface area (Å²) in [6, 6.07) is 5.80. The molecular weight excluding hydrogens is 306 g/mol. The van der Waals surface area contributed by atoms with Crippen LogP contribution >= 0.6 is 11.6 Å². The molecular formula is C16H16ClNO4. The maximum atomic E-state index is 12.1. The standard InChI is InChI=1S/C16H16ClNO4/c1-9-6-12(10(2)18(9)3)15(20)8-22-16(21)13-7-11(17)4-5-14(13)19/h4-7,19H,8H2,1-3H3. The van der Waals surface area contributed by atoms with Gasteiger partial charge in [0.25, 0.3) is 0 Å². The number of phenolic OH excluding ortho intramolecular Hbond substituents is 1. The van der Waals surface area contributed by atoms with E-state index in [1.54, 1.807) is 6.07 Å². The van der Waals surface area contributed by atoms with Crippen LogP contribution in [0.4, 0.5) is 0 Å². The quantitative estimate of drug-likeness (QED) is 0.694. The van der Waals surface area contributed by atoms with Gasteiger partial charge in [-0.15, -0.1) is 0 Å². The first-order chi connectivity index (χ1) is 10.3. The largest absolute Gasteiger partial charge is 0.507 e. The number of hydrogen-bond donors (Lipinski definition) is 1. The van der Waals surface area contributed by atoms with Gasteiger partial charge in [0, 0.05) is 29.0 Å². The number of aromatic nitrogens is 1. The number of Topliss-reactive ketones (excluding diaryl/α,β-unsaturated/α-hetero) is 1. The number of ketones is 1. The Hall–Kier alpha value is -2.27. The van der Waals surface area contributed by atoms with E-state index in [2.05, 4.69) is 0 Å². The number of carbonyl (C=O) groups is 2. The molecule has 22 heavy (non-hydrogen) atoms. The van der Waals surface area contributed by atoms with Crippen LogP contribution in [0.2, 0.25) is 5.02 Å². The highest BCUT2D eigenvalue weighted by Crippen LogP contribution is 2.22. The van der Waals surface area contributed by atoms with Gasteiger partial charge in [-0.2, -0.15) is 0 Å². The minimum Gasteiger partial charge on any atom is -0.507 e. The fourth-order valence-electron chi connectivity index (χ4n) is 2.10. The van der Waals surface area contributed by atoms with Gasteiger partial charge >= 0.3 is 5.97 Å². The van der Waals surface area contributed by atoms with Crippen molar-refractivity contribution in [2.75, 3.05) is 6.61 Å². The summed E-state index contributed by atoms with van der Waals surface area (Å²) in [5.41, 5.74) is 2.20. The molecule has 5 nitrogen and oxygen atoms in total. The number of halogens is 1. The molecule has 2 aromatic rings.